The molecule has 0 radical (unpaired) electrons. The fraction of sp³-hybridized carbons (Fsp3) is 0.286. The van der Waals surface area contributed by atoms with Gasteiger partial charge in [0.05, 0.1) is 17.8 Å². The number of hydrogen-bond donors (Lipinski definition) is 0. The number of sulfone groups is 1. The zero-order valence-electron chi connectivity index (χ0n) is 20.8. The molecule has 34 heavy (non-hydrogen) atoms. The molecule has 0 aliphatic heterocycles. The van der Waals surface area contributed by atoms with Crippen molar-refractivity contribution in [2.24, 2.45) is 0 Å². The normalized spacial score (nSPS) is 12.6. The van der Waals surface area contributed by atoms with Gasteiger partial charge in [0.25, 0.3) is 0 Å². The first kappa shape index (κ1) is 26.0. The van der Waals surface area contributed by atoms with Crippen molar-refractivity contribution in [1.82, 2.24) is 0 Å². The SMILES string of the molecule is Cc1cc(C)c(C(=O)P(C(=O)c2c(C)cc(C)cc2C)C(C)S(=O)(=O)c2ccccc2)c(C)c1. The van der Waals surface area contributed by atoms with E-state index in [1.807, 2.05) is 65.8 Å². The average Bonchev–Trinajstić information content (AvgIpc) is 2.73. The first-order valence-electron chi connectivity index (χ1n) is 11.2. The monoisotopic (exact) mass is 494 g/mol. The first-order chi connectivity index (χ1) is 15.9. The number of rotatable bonds is 7. The van der Waals surface area contributed by atoms with Crippen LogP contribution in [0, 0.1) is 41.5 Å². The van der Waals surface area contributed by atoms with Crippen molar-refractivity contribution in [3.05, 3.63) is 99.1 Å². The number of carbonyl (C=O) groups excluding carboxylic acids is 2. The Morgan fingerprint density at radius 2 is 1.03 bits per heavy atom. The van der Waals surface area contributed by atoms with Crippen LogP contribution < -0.4 is 0 Å². The lowest BCUT2D eigenvalue weighted by Crippen LogP contribution is -2.25. The summed E-state index contributed by atoms with van der Waals surface area (Å²) in [6.07, 6.45) is 0. The molecule has 3 aromatic rings. The Bertz CT molecular complexity index is 1260. The Hall–Kier alpha value is -2.62. The lowest BCUT2D eigenvalue weighted by atomic mass is 10.0. The summed E-state index contributed by atoms with van der Waals surface area (Å²) in [6.45, 7) is 12.7. The lowest BCUT2D eigenvalue weighted by Gasteiger charge is -2.25. The van der Waals surface area contributed by atoms with Crippen molar-refractivity contribution >= 4 is 28.8 Å². The summed E-state index contributed by atoms with van der Waals surface area (Å²) in [7, 11) is -6.18. The molecule has 178 valence electrons. The van der Waals surface area contributed by atoms with Crippen LogP contribution in [0.25, 0.3) is 0 Å². The number of aryl methyl sites for hydroxylation is 6. The summed E-state index contributed by atoms with van der Waals surface area (Å²) < 4.78 is 27.2. The summed E-state index contributed by atoms with van der Waals surface area (Å²) in [5.74, 6) is 0. The Kier molecular flexibility index (Phi) is 7.59. The van der Waals surface area contributed by atoms with Gasteiger partial charge in [-0.25, -0.2) is 8.42 Å². The molecular formula is C28H31O4PS. The highest BCUT2D eigenvalue weighted by molar-refractivity contribution is 8.07. The van der Waals surface area contributed by atoms with E-state index in [0.29, 0.717) is 11.1 Å². The van der Waals surface area contributed by atoms with E-state index in [1.165, 1.54) is 19.1 Å². The molecule has 0 heterocycles. The molecular weight excluding hydrogens is 463 g/mol. The van der Waals surface area contributed by atoms with Crippen LogP contribution in [0.4, 0.5) is 0 Å². The Morgan fingerprint density at radius 3 is 1.38 bits per heavy atom. The highest BCUT2D eigenvalue weighted by Crippen LogP contribution is 2.52. The Balaban J connectivity index is 2.24. The van der Waals surface area contributed by atoms with Crippen LogP contribution in [0.15, 0.2) is 59.5 Å². The van der Waals surface area contributed by atoms with Crippen molar-refractivity contribution < 1.29 is 18.0 Å². The molecule has 0 aliphatic rings. The summed E-state index contributed by atoms with van der Waals surface area (Å²) in [4.78, 5) is 27.1. The third-order valence-electron chi connectivity index (χ3n) is 6.10. The van der Waals surface area contributed by atoms with Crippen LogP contribution in [-0.2, 0) is 9.84 Å². The van der Waals surface area contributed by atoms with Gasteiger partial charge in [-0.3, -0.25) is 9.59 Å². The third kappa shape index (κ3) is 4.92. The molecule has 0 saturated heterocycles. The number of hydrogen-bond acceptors (Lipinski definition) is 4. The van der Waals surface area contributed by atoms with Crippen LogP contribution >= 0.6 is 7.92 Å². The lowest BCUT2D eigenvalue weighted by molar-refractivity contribution is 0.105. The zero-order chi connectivity index (χ0) is 25.4. The molecule has 0 amide bonds. The maximum absolute atomic E-state index is 14.1. The van der Waals surface area contributed by atoms with Crippen molar-refractivity contribution in [2.75, 3.05) is 0 Å². The maximum Gasteiger partial charge on any atom is 0.193 e. The molecule has 0 aromatic heterocycles. The summed E-state index contributed by atoms with van der Waals surface area (Å²) >= 11 is 0. The molecule has 1 atom stereocenters. The van der Waals surface area contributed by atoms with E-state index in [1.54, 1.807) is 18.2 Å². The van der Waals surface area contributed by atoms with E-state index >= 15 is 0 Å². The second-order valence-corrected chi connectivity index (χ2v) is 13.9. The second kappa shape index (κ2) is 9.93. The minimum Gasteiger partial charge on any atom is -0.288 e. The number of benzene rings is 3. The van der Waals surface area contributed by atoms with Crippen molar-refractivity contribution in [2.45, 2.75) is 58.4 Å². The Labute approximate surface area is 204 Å². The van der Waals surface area contributed by atoms with Crippen molar-refractivity contribution in [1.29, 1.82) is 0 Å². The fourth-order valence-corrected chi connectivity index (χ4v) is 9.66. The van der Waals surface area contributed by atoms with Crippen LogP contribution in [0.3, 0.4) is 0 Å². The van der Waals surface area contributed by atoms with Gasteiger partial charge in [-0.05, 0) is 82.9 Å². The molecule has 0 fully saturated rings. The quantitative estimate of drug-likeness (QED) is 0.338. The van der Waals surface area contributed by atoms with Gasteiger partial charge in [-0.15, -0.1) is 0 Å². The molecule has 4 nitrogen and oxygen atoms in total. The van der Waals surface area contributed by atoms with Crippen LogP contribution in [0.2, 0.25) is 0 Å². The Morgan fingerprint density at radius 1 is 0.676 bits per heavy atom. The third-order valence-corrected chi connectivity index (χ3v) is 11.4. The predicted octanol–water partition coefficient (Wildman–Crippen LogP) is 6.82. The van der Waals surface area contributed by atoms with Gasteiger partial charge in [0.1, 0.15) is 0 Å². The largest absolute Gasteiger partial charge is 0.288 e. The smallest absolute Gasteiger partial charge is 0.193 e. The minimum atomic E-state index is -3.92. The minimum absolute atomic E-state index is 0.116. The molecule has 0 spiro atoms. The van der Waals surface area contributed by atoms with Crippen LogP contribution in [0.5, 0.6) is 0 Å². The zero-order valence-corrected chi connectivity index (χ0v) is 22.5. The van der Waals surface area contributed by atoms with Gasteiger partial charge in [0, 0.05) is 11.1 Å². The standard InChI is InChI=1S/C28H31O4PS/c1-17-13-19(3)25(20(4)14-17)27(29)33(23(7)34(31,32)24-11-9-8-10-12-24)28(30)26-21(5)15-18(2)16-22(26)6/h8-16,23H,1-7H3. The van der Waals surface area contributed by atoms with E-state index in [-0.39, 0.29) is 15.9 Å². The highest BCUT2D eigenvalue weighted by Gasteiger charge is 2.42. The van der Waals surface area contributed by atoms with E-state index in [9.17, 15) is 18.0 Å². The first-order valence-corrected chi connectivity index (χ1v) is 14.1. The predicted molar refractivity (Wildman–Crippen MR) is 140 cm³/mol. The molecule has 3 rings (SSSR count). The summed E-state index contributed by atoms with van der Waals surface area (Å²) in [5.41, 5.74) is 5.16. The van der Waals surface area contributed by atoms with Gasteiger partial charge in [0.15, 0.2) is 20.9 Å². The number of carbonyl (C=O) groups is 2. The second-order valence-electron chi connectivity index (χ2n) is 8.99. The summed E-state index contributed by atoms with van der Waals surface area (Å²) in [5, 5.41) is 0. The summed E-state index contributed by atoms with van der Waals surface area (Å²) in [6, 6.07) is 15.7. The van der Waals surface area contributed by atoms with E-state index < -0.39 is 22.7 Å². The average molecular weight is 495 g/mol. The van der Waals surface area contributed by atoms with Gasteiger partial charge < -0.3 is 0 Å². The molecule has 6 heteroatoms. The fourth-order valence-electron chi connectivity index (χ4n) is 4.64. The van der Waals surface area contributed by atoms with E-state index in [0.717, 1.165) is 33.4 Å². The van der Waals surface area contributed by atoms with E-state index in [2.05, 4.69) is 0 Å². The van der Waals surface area contributed by atoms with Gasteiger partial charge in [-0.1, -0.05) is 53.6 Å². The molecule has 3 aromatic carbocycles. The molecule has 0 aliphatic carbocycles. The molecule has 0 bridgehead atoms. The maximum atomic E-state index is 14.1. The van der Waals surface area contributed by atoms with Gasteiger partial charge in [0.2, 0.25) is 0 Å². The van der Waals surface area contributed by atoms with Crippen LogP contribution in [0.1, 0.15) is 61.0 Å². The van der Waals surface area contributed by atoms with Crippen LogP contribution in [-0.4, -0.2) is 24.5 Å². The topological polar surface area (TPSA) is 68.3 Å². The van der Waals surface area contributed by atoms with E-state index in [4.69, 9.17) is 0 Å². The molecule has 0 saturated carbocycles. The van der Waals surface area contributed by atoms with Crippen molar-refractivity contribution in [3.8, 4) is 0 Å². The molecule has 1 unspecified atom stereocenters. The van der Waals surface area contributed by atoms with Crippen molar-refractivity contribution in [3.63, 3.8) is 0 Å². The molecule has 0 N–H and O–H groups in total. The van der Waals surface area contributed by atoms with Gasteiger partial charge in [-0.2, -0.15) is 0 Å². The van der Waals surface area contributed by atoms with Gasteiger partial charge >= 0.3 is 0 Å². The highest BCUT2D eigenvalue weighted by atomic mass is 32.2.